The van der Waals surface area contributed by atoms with Crippen molar-refractivity contribution in [3.63, 3.8) is 0 Å². The number of benzene rings is 3. The van der Waals surface area contributed by atoms with E-state index in [2.05, 4.69) is 38.3 Å². The first-order valence-corrected chi connectivity index (χ1v) is 15.7. The Kier molecular flexibility index (Phi) is 8.31. The fourth-order valence-electron chi connectivity index (χ4n) is 6.38. The molecule has 0 amide bonds. The number of anilines is 1. The van der Waals surface area contributed by atoms with E-state index in [-0.39, 0.29) is 6.23 Å². The second-order valence-corrected chi connectivity index (χ2v) is 12.1. The monoisotopic (exact) mass is 628 g/mol. The summed E-state index contributed by atoms with van der Waals surface area (Å²) in [4.78, 5) is 13.8. The third kappa shape index (κ3) is 5.95. The number of aromatic amines is 1. The lowest BCUT2D eigenvalue weighted by atomic mass is 9.73. The number of H-pyrrole nitrogens is 1. The number of rotatable bonds is 8. The number of alkyl halides is 1. The Morgan fingerprint density at radius 1 is 1.02 bits per heavy atom. The molecule has 232 valence electrons. The molecule has 10 heteroatoms. The number of hydrazine groups is 1. The number of hydrogen-bond donors (Lipinski definition) is 2. The van der Waals surface area contributed by atoms with E-state index in [0.717, 1.165) is 77.6 Å². The van der Waals surface area contributed by atoms with Gasteiger partial charge in [0.2, 0.25) is 0 Å². The van der Waals surface area contributed by atoms with E-state index in [0.29, 0.717) is 34.7 Å². The van der Waals surface area contributed by atoms with Crippen LogP contribution >= 0.6 is 11.6 Å². The minimum atomic E-state index is -1.35. The Morgan fingerprint density at radius 3 is 2.51 bits per heavy atom. The summed E-state index contributed by atoms with van der Waals surface area (Å²) < 4.78 is 31.7. The Balaban J connectivity index is 1.35. The average Bonchev–Trinajstić information content (AvgIpc) is 3.61. The molecule has 0 radical (unpaired) electrons. The zero-order chi connectivity index (χ0) is 30.9. The summed E-state index contributed by atoms with van der Waals surface area (Å²) in [6.45, 7) is 0.676. The molecule has 3 heterocycles. The third-order valence-corrected chi connectivity index (χ3v) is 9.20. The van der Waals surface area contributed by atoms with Gasteiger partial charge in [-0.3, -0.25) is 14.5 Å². The van der Waals surface area contributed by atoms with Gasteiger partial charge in [0.25, 0.3) is 0 Å². The molecule has 2 unspecified atom stereocenters. The van der Waals surface area contributed by atoms with Crippen molar-refractivity contribution in [2.75, 3.05) is 18.7 Å². The second-order valence-electron chi connectivity index (χ2n) is 11.7. The van der Waals surface area contributed by atoms with Crippen molar-refractivity contribution in [2.45, 2.75) is 51.0 Å². The van der Waals surface area contributed by atoms with Gasteiger partial charge in [-0.2, -0.15) is 5.43 Å². The Bertz CT molecular complexity index is 1800. The maximum atomic E-state index is 15.7. The molecule has 4 aromatic rings. The van der Waals surface area contributed by atoms with Crippen LogP contribution in [0.25, 0.3) is 23.3 Å². The van der Waals surface area contributed by atoms with Crippen LogP contribution in [-0.2, 0) is 4.74 Å². The Hall–Kier alpha value is -4.18. The standard InChI is InChI=1S/C35H34ClFN4O4/c1-43-25-14-15-26(28(36)20-25)33(22-5-4-6-22)32(23-11-8-21(9-12-23)10-17-30-38-35(42)45-40-30)24-13-16-29-27(19-24)34(37)39-41(29)31-7-2-3-18-44-31/h8-17,19-20,22,31,34,39H,2-7,18H2,1H3,(H,38,40,42)/b17-10+,33-32+. The molecule has 1 aromatic heterocycles. The largest absolute Gasteiger partial charge is 0.497 e. The van der Waals surface area contributed by atoms with Gasteiger partial charge >= 0.3 is 5.76 Å². The Morgan fingerprint density at radius 2 is 1.84 bits per heavy atom. The fourth-order valence-corrected chi connectivity index (χ4v) is 6.66. The zero-order valence-electron chi connectivity index (χ0n) is 24.9. The number of methoxy groups -OCH3 is 1. The van der Waals surface area contributed by atoms with Crippen LogP contribution in [0.3, 0.4) is 0 Å². The maximum Gasteiger partial charge on any atom is 0.439 e. The van der Waals surface area contributed by atoms with Crippen molar-refractivity contribution in [3.05, 3.63) is 110 Å². The number of allylic oxidation sites excluding steroid dienone is 1. The molecule has 3 aromatic carbocycles. The molecule has 2 aliphatic heterocycles. The number of hydrogen-bond acceptors (Lipinski definition) is 7. The molecule has 2 N–H and O–H groups in total. The summed E-state index contributed by atoms with van der Waals surface area (Å²) in [6.07, 6.45) is 8.14. The number of aromatic nitrogens is 2. The molecule has 1 aliphatic carbocycles. The van der Waals surface area contributed by atoms with Gasteiger partial charge in [0.15, 0.2) is 12.1 Å². The summed E-state index contributed by atoms with van der Waals surface area (Å²) in [5.74, 6) is 0.729. The first-order chi connectivity index (χ1) is 22.0. The van der Waals surface area contributed by atoms with E-state index in [1.54, 1.807) is 13.2 Å². The molecule has 0 bridgehead atoms. The second kappa shape index (κ2) is 12.7. The third-order valence-electron chi connectivity index (χ3n) is 8.88. The Labute approximate surface area is 265 Å². The summed E-state index contributed by atoms with van der Waals surface area (Å²) in [7, 11) is 1.63. The van der Waals surface area contributed by atoms with E-state index in [9.17, 15) is 4.79 Å². The van der Waals surface area contributed by atoms with E-state index in [4.69, 9.17) is 21.1 Å². The predicted octanol–water partition coefficient (Wildman–Crippen LogP) is 7.77. The van der Waals surface area contributed by atoms with Crippen molar-refractivity contribution in [1.29, 1.82) is 0 Å². The maximum absolute atomic E-state index is 15.7. The van der Waals surface area contributed by atoms with Gasteiger partial charge in [0.05, 0.1) is 17.8 Å². The van der Waals surface area contributed by atoms with Gasteiger partial charge in [-0.1, -0.05) is 59.6 Å². The lowest BCUT2D eigenvalue weighted by Crippen LogP contribution is -2.45. The lowest BCUT2D eigenvalue weighted by molar-refractivity contribution is 0.00520. The summed E-state index contributed by atoms with van der Waals surface area (Å²) in [5, 5.41) is 6.16. The first-order valence-electron chi connectivity index (χ1n) is 15.4. The van der Waals surface area contributed by atoms with Crippen LogP contribution in [0.4, 0.5) is 10.1 Å². The minimum Gasteiger partial charge on any atom is -0.497 e. The average molecular weight is 629 g/mol. The van der Waals surface area contributed by atoms with Crippen LogP contribution in [0.5, 0.6) is 5.75 Å². The topological polar surface area (TPSA) is 92.6 Å². The van der Waals surface area contributed by atoms with Gasteiger partial charge in [0.1, 0.15) is 12.0 Å². The van der Waals surface area contributed by atoms with Gasteiger partial charge in [0, 0.05) is 12.2 Å². The fraction of sp³-hybridized carbons (Fsp3) is 0.314. The van der Waals surface area contributed by atoms with Crippen LogP contribution < -0.4 is 20.9 Å². The molecular weight excluding hydrogens is 595 g/mol. The number of nitrogens with zero attached hydrogens (tertiary/aromatic N) is 2. The van der Waals surface area contributed by atoms with E-state index < -0.39 is 12.1 Å². The highest BCUT2D eigenvalue weighted by Crippen LogP contribution is 2.48. The number of fused-ring (bicyclic) bond motifs is 1. The number of halogens is 2. The van der Waals surface area contributed by atoms with Crippen LogP contribution in [0.2, 0.25) is 5.02 Å². The van der Waals surface area contributed by atoms with Crippen molar-refractivity contribution < 1.29 is 18.4 Å². The predicted molar refractivity (Wildman–Crippen MR) is 173 cm³/mol. The van der Waals surface area contributed by atoms with Crippen LogP contribution in [0.15, 0.2) is 70.0 Å². The minimum absolute atomic E-state index is 0.196. The molecule has 0 spiro atoms. The molecule has 2 fully saturated rings. The molecule has 7 rings (SSSR count). The molecule has 2 atom stereocenters. The molecule has 45 heavy (non-hydrogen) atoms. The van der Waals surface area contributed by atoms with Crippen molar-refractivity contribution in [1.82, 2.24) is 15.6 Å². The van der Waals surface area contributed by atoms with Crippen molar-refractivity contribution >= 4 is 40.6 Å². The lowest BCUT2D eigenvalue weighted by Gasteiger charge is -2.33. The quantitative estimate of drug-likeness (QED) is 0.152. The van der Waals surface area contributed by atoms with Crippen molar-refractivity contribution in [3.8, 4) is 5.75 Å². The highest BCUT2D eigenvalue weighted by atomic mass is 35.5. The SMILES string of the molecule is COc1ccc(/C(=C(\c2ccc(/C=C/c3noc(=O)[nH]3)cc2)c2ccc3c(c2)C(F)NN3C2CCCCO2)C2CCC2)c(Cl)c1. The van der Waals surface area contributed by atoms with Gasteiger partial charge in [-0.25, -0.2) is 9.18 Å². The number of ether oxygens (including phenoxy) is 2. The van der Waals surface area contributed by atoms with Crippen molar-refractivity contribution in [2.24, 2.45) is 5.92 Å². The van der Waals surface area contributed by atoms with Crippen LogP contribution in [0, 0.1) is 5.92 Å². The van der Waals surface area contributed by atoms with Gasteiger partial charge in [-0.15, -0.1) is 0 Å². The summed E-state index contributed by atoms with van der Waals surface area (Å²) in [6, 6.07) is 20.0. The molecule has 1 saturated carbocycles. The summed E-state index contributed by atoms with van der Waals surface area (Å²) >= 11 is 6.94. The summed E-state index contributed by atoms with van der Waals surface area (Å²) in [5.41, 5.74) is 10.3. The smallest absolute Gasteiger partial charge is 0.439 e. The normalized spacial score (nSPS) is 20.6. The van der Waals surface area contributed by atoms with Crippen LogP contribution in [-0.4, -0.2) is 30.1 Å². The molecule has 1 saturated heterocycles. The van der Waals surface area contributed by atoms with Gasteiger partial charge < -0.3 is 9.47 Å². The molecular formula is C35H34ClFN4O4. The first kappa shape index (κ1) is 29.5. The zero-order valence-corrected chi connectivity index (χ0v) is 25.6. The highest BCUT2D eigenvalue weighted by Gasteiger charge is 2.35. The van der Waals surface area contributed by atoms with E-state index in [1.165, 1.54) is 0 Å². The molecule has 8 nitrogen and oxygen atoms in total. The van der Waals surface area contributed by atoms with Crippen LogP contribution in [0.1, 0.15) is 78.5 Å². The molecule has 3 aliphatic rings. The highest BCUT2D eigenvalue weighted by molar-refractivity contribution is 6.33. The van der Waals surface area contributed by atoms with Gasteiger partial charge in [-0.05, 0) is 108 Å². The van der Waals surface area contributed by atoms with E-state index >= 15 is 4.39 Å². The number of nitrogens with one attached hydrogen (secondary N) is 2. The van der Waals surface area contributed by atoms with E-state index in [1.807, 2.05) is 53.5 Å².